The second-order valence-electron chi connectivity index (χ2n) is 3.90. The number of hydrogen-bond acceptors (Lipinski definition) is 3. The highest BCUT2D eigenvalue weighted by molar-refractivity contribution is 9.10. The van der Waals surface area contributed by atoms with Gasteiger partial charge in [0.15, 0.2) is 0 Å². The number of methoxy groups -OCH3 is 2. The zero-order valence-electron chi connectivity index (χ0n) is 10.5. The number of hydrogen-bond donors (Lipinski definition) is 0. The third-order valence-electron chi connectivity index (χ3n) is 2.93. The van der Waals surface area contributed by atoms with E-state index >= 15 is 0 Å². The highest BCUT2D eigenvalue weighted by Gasteiger charge is 2.19. The highest BCUT2D eigenvalue weighted by Crippen LogP contribution is 2.36. The Morgan fingerprint density at radius 1 is 1.21 bits per heavy atom. The van der Waals surface area contributed by atoms with Gasteiger partial charge in [0.05, 0.1) is 19.8 Å². The molecule has 0 radical (unpaired) electrons. The summed E-state index contributed by atoms with van der Waals surface area (Å²) in [5.74, 6) is 0.290. The monoisotopic (exact) mass is 386 g/mol. The van der Waals surface area contributed by atoms with Crippen LogP contribution < -0.4 is 4.74 Å². The van der Waals surface area contributed by atoms with Gasteiger partial charge in [0, 0.05) is 20.6 Å². The van der Waals surface area contributed by atoms with Crippen molar-refractivity contribution in [1.29, 1.82) is 0 Å². The van der Waals surface area contributed by atoms with Gasteiger partial charge >= 0.3 is 5.97 Å². The fraction of sp³-hybridized carbons (Fsp3) is 0.214. The van der Waals surface area contributed by atoms with Crippen molar-refractivity contribution in [3.8, 4) is 5.75 Å². The minimum absolute atomic E-state index is 0.364. The Bertz CT molecular complexity index is 638. The van der Waals surface area contributed by atoms with Crippen LogP contribution in [0.1, 0.15) is 15.9 Å². The van der Waals surface area contributed by atoms with Gasteiger partial charge in [-0.05, 0) is 17.7 Å². The molecule has 0 aliphatic carbocycles. The van der Waals surface area contributed by atoms with Crippen molar-refractivity contribution in [3.63, 3.8) is 0 Å². The van der Waals surface area contributed by atoms with E-state index in [0.717, 1.165) is 20.8 Å². The summed E-state index contributed by atoms with van der Waals surface area (Å²) in [7, 11) is 2.97. The van der Waals surface area contributed by atoms with Crippen LogP contribution in [0.4, 0.5) is 0 Å². The van der Waals surface area contributed by atoms with Gasteiger partial charge in [-0.15, -0.1) is 0 Å². The number of carbonyl (C=O) groups excluding carboxylic acids is 1. The summed E-state index contributed by atoms with van der Waals surface area (Å²) in [6.45, 7) is 0. The molecule has 0 fully saturated rings. The van der Waals surface area contributed by atoms with Gasteiger partial charge in [0.25, 0.3) is 0 Å². The number of benzene rings is 2. The maximum absolute atomic E-state index is 12.1. The van der Waals surface area contributed by atoms with Gasteiger partial charge in [0.2, 0.25) is 0 Å². The molecule has 2 rings (SSSR count). The molecule has 0 unspecified atom stereocenters. The Kier molecular flexibility index (Phi) is 4.47. The Labute approximate surface area is 128 Å². The quantitative estimate of drug-likeness (QED) is 0.582. The lowest BCUT2D eigenvalue weighted by Crippen LogP contribution is -2.07. The van der Waals surface area contributed by atoms with Gasteiger partial charge in [-0.1, -0.05) is 44.0 Å². The molecular formula is C14H12Br2O3. The number of alkyl halides is 1. The van der Waals surface area contributed by atoms with E-state index in [2.05, 4.69) is 31.9 Å². The summed E-state index contributed by atoms with van der Waals surface area (Å²) in [4.78, 5) is 12.1. The van der Waals surface area contributed by atoms with E-state index in [0.29, 0.717) is 16.6 Å². The van der Waals surface area contributed by atoms with Gasteiger partial charge < -0.3 is 9.47 Å². The maximum Gasteiger partial charge on any atom is 0.338 e. The predicted octanol–water partition coefficient (Wildman–Crippen LogP) is 4.29. The summed E-state index contributed by atoms with van der Waals surface area (Å²) >= 11 is 6.89. The molecule has 2 aromatic rings. The molecule has 0 aromatic heterocycles. The van der Waals surface area contributed by atoms with E-state index in [-0.39, 0.29) is 5.97 Å². The lowest BCUT2D eigenvalue weighted by Gasteiger charge is -2.14. The molecule has 0 N–H and O–H groups in total. The predicted molar refractivity (Wildman–Crippen MR) is 82.2 cm³/mol. The van der Waals surface area contributed by atoms with E-state index in [9.17, 15) is 4.79 Å². The lowest BCUT2D eigenvalue weighted by molar-refractivity contribution is 0.0602. The van der Waals surface area contributed by atoms with Crippen molar-refractivity contribution in [3.05, 3.63) is 39.9 Å². The molecule has 0 atom stereocenters. The molecule has 0 saturated heterocycles. The standard InChI is InChI=1S/C14H12Br2O3/c1-18-11-6-5-10(16)9-4-3-8(7-15)12(13(9)11)14(17)19-2/h3-6H,7H2,1-2H3. The fourth-order valence-corrected chi connectivity index (χ4v) is 2.97. The molecule has 19 heavy (non-hydrogen) atoms. The van der Waals surface area contributed by atoms with Crippen molar-refractivity contribution in [2.45, 2.75) is 5.33 Å². The number of esters is 1. The van der Waals surface area contributed by atoms with Crippen LogP contribution in [0.25, 0.3) is 10.8 Å². The highest BCUT2D eigenvalue weighted by atomic mass is 79.9. The second-order valence-corrected chi connectivity index (χ2v) is 5.31. The van der Waals surface area contributed by atoms with E-state index in [1.807, 2.05) is 24.3 Å². The molecule has 0 spiro atoms. The molecule has 0 heterocycles. The van der Waals surface area contributed by atoms with Crippen LogP contribution in [0, 0.1) is 0 Å². The van der Waals surface area contributed by atoms with Crippen LogP contribution in [0.5, 0.6) is 5.75 Å². The topological polar surface area (TPSA) is 35.5 Å². The summed E-state index contributed by atoms with van der Waals surface area (Å²) in [5, 5.41) is 2.26. The van der Waals surface area contributed by atoms with Gasteiger partial charge in [0.1, 0.15) is 5.75 Å². The first-order chi connectivity index (χ1) is 9.13. The van der Waals surface area contributed by atoms with Gasteiger partial charge in [-0.25, -0.2) is 4.79 Å². The van der Waals surface area contributed by atoms with Crippen molar-refractivity contribution in [2.24, 2.45) is 0 Å². The first-order valence-corrected chi connectivity index (χ1v) is 7.47. The number of fused-ring (bicyclic) bond motifs is 1. The molecule has 0 aliphatic rings. The molecule has 3 nitrogen and oxygen atoms in total. The van der Waals surface area contributed by atoms with Crippen LogP contribution in [0.2, 0.25) is 0 Å². The minimum atomic E-state index is -0.364. The van der Waals surface area contributed by atoms with Gasteiger partial charge in [-0.2, -0.15) is 0 Å². The van der Waals surface area contributed by atoms with Crippen LogP contribution in [0.15, 0.2) is 28.7 Å². The Balaban J connectivity index is 2.94. The summed E-state index contributed by atoms with van der Waals surface area (Å²) < 4.78 is 11.2. The zero-order valence-corrected chi connectivity index (χ0v) is 13.7. The molecule has 5 heteroatoms. The van der Waals surface area contributed by atoms with Crippen molar-refractivity contribution < 1.29 is 14.3 Å². The average Bonchev–Trinajstić information content (AvgIpc) is 2.45. The fourth-order valence-electron chi connectivity index (χ4n) is 2.04. The zero-order chi connectivity index (χ0) is 14.0. The van der Waals surface area contributed by atoms with Gasteiger partial charge in [-0.3, -0.25) is 0 Å². The van der Waals surface area contributed by atoms with Crippen LogP contribution in [0.3, 0.4) is 0 Å². The van der Waals surface area contributed by atoms with Crippen LogP contribution in [-0.4, -0.2) is 20.2 Å². The third kappa shape index (κ3) is 2.49. The van der Waals surface area contributed by atoms with Crippen LogP contribution in [-0.2, 0) is 10.1 Å². The Hall–Kier alpha value is -1.07. The van der Waals surface area contributed by atoms with E-state index in [4.69, 9.17) is 9.47 Å². The average molecular weight is 388 g/mol. The van der Waals surface area contributed by atoms with E-state index in [1.165, 1.54) is 7.11 Å². The Morgan fingerprint density at radius 3 is 2.53 bits per heavy atom. The number of halogens is 2. The SMILES string of the molecule is COC(=O)c1c(CBr)ccc2c(Br)ccc(OC)c12. The number of ether oxygens (including phenoxy) is 2. The van der Waals surface area contributed by atoms with Crippen molar-refractivity contribution >= 4 is 48.6 Å². The van der Waals surface area contributed by atoms with Crippen LogP contribution >= 0.6 is 31.9 Å². The Morgan fingerprint density at radius 2 is 1.95 bits per heavy atom. The largest absolute Gasteiger partial charge is 0.496 e. The number of carbonyl (C=O) groups is 1. The summed E-state index contributed by atoms with van der Waals surface area (Å²) in [6, 6.07) is 7.60. The molecule has 0 saturated carbocycles. The lowest BCUT2D eigenvalue weighted by atomic mass is 9.99. The van der Waals surface area contributed by atoms with Crippen molar-refractivity contribution in [2.75, 3.05) is 14.2 Å². The molecule has 100 valence electrons. The normalized spacial score (nSPS) is 10.5. The molecule has 0 bridgehead atoms. The van der Waals surface area contributed by atoms with E-state index in [1.54, 1.807) is 7.11 Å². The minimum Gasteiger partial charge on any atom is -0.496 e. The second kappa shape index (κ2) is 5.92. The summed E-state index contributed by atoms with van der Waals surface area (Å²) in [5.41, 5.74) is 1.41. The van der Waals surface area contributed by atoms with Crippen molar-refractivity contribution in [1.82, 2.24) is 0 Å². The molecule has 2 aromatic carbocycles. The first kappa shape index (κ1) is 14.3. The van der Waals surface area contributed by atoms with E-state index < -0.39 is 0 Å². The molecule has 0 aliphatic heterocycles. The molecule has 0 amide bonds. The number of rotatable bonds is 3. The smallest absolute Gasteiger partial charge is 0.338 e. The summed E-state index contributed by atoms with van der Waals surface area (Å²) in [6.07, 6.45) is 0. The maximum atomic E-state index is 12.1. The molecular weight excluding hydrogens is 376 g/mol. The first-order valence-electron chi connectivity index (χ1n) is 5.56. The third-order valence-corrected chi connectivity index (χ3v) is 4.23.